The molecule has 3 aromatic rings. The van der Waals surface area contributed by atoms with Crippen molar-refractivity contribution in [1.29, 1.82) is 0 Å². The number of fused-ring (bicyclic) bond motifs is 1. The summed E-state index contributed by atoms with van der Waals surface area (Å²) in [4.78, 5) is 5.61. The first kappa shape index (κ1) is 11.4. The molecule has 90 valence electrons. The van der Waals surface area contributed by atoms with E-state index in [2.05, 4.69) is 41.6 Å². The molecular weight excluding hydrogens is 240 g/mol. The summed E-state index contributed by atoms with van der Waals surface area (Å²) in [5, 5.41) is 3.27. The highest BCUT2D eigenvalue weighted by Gasteiger charge is 2.10. The molecule has 3 rings (SSSR count). The summed E-state index contributed by atoms with van der Waals surface area (Å²) >= 11 is 1.74. The number of thiophene rings is 1. The van der Waals surface area contributed by atoms with Gasteiger partial charge in [-0.05, 0) is 47.7 Å². The van der Waals surface area contributed by atoms with E-state index in [-0.39, 0.29) is 6.04 Å². The molecule has 1 atom stereocenters. The zero-order valence-electron chi connectivity index (χ0n) is 10.1. The van der Waals surface area contributed by atoms with Gasteiger partial charge in [-0.3, -0.25) is 4.98 Å². The Labute approximate surface area is 110 Å². The van der Waals surface area contributed by atoms with Gasteiger partial charge in [-0.15, -0.1) is 11.3 Å². The van der Waals surface area contributed by atoms with Crippen LogP contribution in [0.15, 0.2) is 48.0 Å². The van der Waals surface area contributed by atoms with Crippen molar-refractivity contribution in [3.63, 3.8) is 0 Å². The SMILES string of the molecule is Cc1cc(C(N)c2ccc3ncccc3c2)cs1. The normalized spacial score (nSPS) is 12.8. The van der Waals surface area contributed by atoms with Crippen LogP contribution in [0.1, 0.15) is 22.0 Å². The Kier molecular flexibility index (Phi) is 2.86. The zero-order valence-corrected chi connectivity index (χ0v) is 10.9. The van der Waals surface area contributed by atoms with Crippen molar-refractivity contribution in [3.8, 4) is 0 Å². The van der Waals surface area contributed by atoms with Crippen LogP contribution in [0.3, 0.4) is 0 Å². The standard InChI is InChI=1S/C15H14N2S/c1-10-7-13(9-18-10)15(16)12-4-5-14-11(8-12)3-2-6-17-14/h2-9,15H,16H2,1H3. The Morgan fingerprint density at radius 3 is 2.83 bits per heavy atom. The number of aromatic nitrogens is 1. The minimum atomic E-state index is -0.0560. The second-order valence-corrected chi connectivity index (χ2v) is 5.54. The molecule has 0 aliphatic carbocycles. The fourth-order valence-electron chi connectivity index (χ4n) is 2.11. The third-order valence-corrected chi connectivity index (χ3v) is 3.98. The van der Waals surface area contributed by atoms with Crippen LogP contribution in [-0.2, 0) is 0 Å². The first-order valence-corrected chi connectivity index (χ1v) is 6.77. The third kappa shape index (κ3) is 2.03. The third-order valence-electron chi connectivity index (χ3n) is 3.10. The molecule has 1 aromatic carbocycles. The second kappa shape index (κ2) is 4.52. The van der Waals surface area contributed by atoms with Gasteiger partial charge >= 0.3 is 0 Å². The van der Waals surface area contributed by atoms with Crippen LogP contribution >= 0.6 is 11.3 Å². The van der Waals surface area contributed by atoms with E-state index in [1.807, 2.05) is 18.3 Å². The van der Waals surface area contributed by atoms with Gasteiger partial charge in [-0.2, -0.15) is 0 Å². The van der Waals surface area contributed by atoms with Crippen LogP contribution in [0.5, 0.6) is 0 Å². The van der Waals surface area contributed by atoms with Crippen LogP contribution in [0.25, 0.3) is 10.9 Å². The van der Waals surface area contributed by atoms with Crippen LogP contribution in [-0.4, -0.2) is 4.98 Å². The molecule has 0 spiro atoms. The molecule has 3 heteroatoms. The van der Waals surface area contributed by atoms with Gasteiger partial charge in [0.15, 0.2) is 0 Å². The van der Waals surface area contributed by atoms with Gasteiger partial charge in [-0.1, -0.05) is 12.1 Å². The minimum Gasteiger partial charge on any atom is -0.320 e. The van der Waals surface area contributed by atoms with Crippen LogP contribution < -0.4 is 5.73 Å². The summed E-state index contributed by atoms with van der Waals surface area (Å²) in [5.74, 6) is 0. The molecule has 0 bridgehead atoms. The smallest absolute Gasteiger partial charge is 0.0702 e. The van der Waals surface area contributed by atoms with E-state index in [0.29, 0.717) is 0 Å². The molecule has 2 heterocycles. The average Bonchev–Trinajstić information content (AvgIpc) is 2.84. The highest BCUT2D eigenvalue weighted by molar-refractivity contribution is 7.10. The van der Waals surface area contributed by atoms with Crippen LogP contribution in [0.2, 0.25) is 0 Å². The molecule has 0 saturated heterocycles. The molecule has 18 heavy (non-hydrogen) atoms. The fourth-order valence-corrected chi connectivity index (χ4v) is 2.85. The van der Waals surface area contributed by atoms with Gasteiger partial charge in [0.1, 0.15) is 0 Å². The Balaban J connectivity index is 2.03. The van der Waals surface area contributed by atoms with Gasteiger partial charge in [0, 0.05) is 16.5 Å². The minimum absolute atomic E-state index is 0.0560. The molecule has 0 fully saturated rings. The monoisotopic (exact) mass is 254 g/mol. The largest absolute Gasteiger partial charge is 0.320 e. The van der Waals surface area contributed by atoms with Gasteiger partial charge in [-0.25, -0.2) is 0 Å². The molecule has 0 saturated carbocycles. The van der Waals surface area contributed by atoms with Crippen LogP contribution in [0.4, 0.5) is 0 Å². The zero-order chi connectivity index (χ0) is 12.5. The summed E-state index contributed by atoms with van der Waals surface area (Å²) in [6, 6.07) is 12.3. The predicted molar refractivity (Wildman–Crippen MR) is 76.8 cm³/mol. The lowest BCUT2D eigenvalue weighted by Gasteiger charge is -2.11. The number of aryl methyl sites for hydroxylation is 1. The molecule has 0 radical (unpaired) electrons. The maximum Gasteiger partial charge on any atom is 0.0702 e. The van der Waals surface area contributed by atoms with Gasteiger partial charge < -0.3 is 5.73 Å². The van der Waals surface area contributed by atoms with Crippen molar-refractivity contribution in [2.75, 3.05) is 0 Å². The molecular formula is C15H14N2S. The van der Waals surface area contributed by atoms with E-state index >= 15 is 0 Å². The first-order chi connectivity index (χ1) is 8.74. The van der Waals surface area contributed by atoms with Crippen molar-refractivity contribution in [3.05, 3.63) is 64.0 Å². The summed E-state index contributed by atoms with van der Waals surface area (Å²) in [6.07, 6.45) is 1.81. The Bertz CT molecular complexity index is 688. The molecule has 0 amide bonds. The Morgan fingerprint density at radius 2 is 2.06 bits per heavy atom. The molecule has 1 unspecified atom stereocenters. The summed E-state index contributed by atoms with van der Waals surface area (Å²) < 4.78 is 0. The lowest BCUT2D eigenvalue weighted by Crippen LogP contribution is -2.10. The lowest BCUT2D eigenvalue weighted by molar-refractivity contribution is 0.878. The topological polar surface area (TPSA) is 38.9 Å². The Hall–Kier alpha value is -1.71. The number of hydrogen-bond donors (Lipinski definition) is 1. The molecule has 2 nitrogen and oxygen atoms in total. The Morgan fingerprint density at radius 1 is 1.17 bits per heavy atom. The van der Waals surface area contributed by atoms with E-state index in [0.717, 1.165) is 16.5 Å². The number of nitrogens with two attached hydrogens (primary N) is 1. The van der Waals surface area contributed by atoms with Gasteiger partial charge in [0.05, 0.1) is 11.6 Å². The van der Waals surface area contributed by atoms with Crippen molar-refractivity contribution in [1.82, 2.24) is 4.98 Å². The van der Waals surface area contributed by atoms with Gasteiger partial charge in [0.2, 0.25) is 0 Å². The summed E-state index contributed by atoms with van der Waals surface area (Å²) in [6.45, 7) is 2.10. The molecule has 0 aliphatic heterocycles. The number of rotatable bonds is 2. The summed E-state index contributed by atoms with van der Waals surface area (Å²) in [7, 11) is 0. The van der Waals surface area contributed by atoms with E-state index in [4.69, 9.17) is 5.73 Å². The fraction of sp³-hybridized carbons (Fsp3) is 0.133. The van der Waals surface area contributed by atoms with E-state index in [1.54, 1.807) is 11.3 Å². The summed E-state index contributed by atoms with van der Waals surface area (Å²) in [5.41, 5.74) is 9.63. The molecule has 2 aromatic heterocycles. The number of hydrogen-bond acceptors (Lipinski definition) is 3. The lowest BCUT2D eigenvalue weighted by atomic mass is 10.0. The number of nitrogens with zero attached hydrogens (tertiary/aromatic N) is 1. The second-order valence-electron chi connectivity index (χ2n) is 4.42. The molecule has 0 aliphatic rings. The maximum atomic E-state index is 6.31. The van der Waals surface area contributed by atoms with Crippen molar-refractivity contribution >= 4 is 22.2 Å². The average molecular weight is 254 g/mol. The maximum absolute atomic E-state index is 6.31. The van der Waals surface area contributed by atoms with Crippen molar-refractivity contribution in [2.45, 2.75) is 13.0 Å². The highest BCUT2D eigenvalue weighted by Crippen LogP contribution is 2.26. The van der Waals surface area contributed by atoms with Crippen LogP contribution in [0, 0.1) is 6.92 Å². The number of pyridine rings is 1. The van der Waals surface area contributed by atoms with Crippen molar-refractivity contribution in [2.24, 2.45) is 5.73 Å². The first-order valence-electron chi connectivity index (χ1n) is 5.89. The number of benzene rings is 1. The highest BCUT2D eigenvalue weighted by atomic mass is 32.1. The van der Waals surface area contributed by atoms with Crippen molar-refractivity contribution < 1.29 is 0 Å². The van der Waals surface area contributed by atoms with E-state index < -0.39 is 0 Å². The van der Waals surface area contributed by atoms with Gasteiger partial charge in [0.25, 0.3) is 0 Å². The van der Waals surface area contributed by atoms with E-state index in [1.165, 1.54) is 10.4 Å². The molecule has 2 N–H and O–H groups in total. The quantitative estimate of drug-likeness (QED) is 0.758. The van der Waals surface area contributed by atoms with E-state index in [9.17, 15) is 0 Å². The predicted octanol–water partition coefficient (Wildman–Crippen LogP) is 3.65.